The molecule has 0 aliphatic heterocycles. The monoisotopic (exact) mass is 306 g/mol. The normalized spacial score (nSPS) is 10.6. The number of thiophene rings is 1. The third-order valence-corrected chi connectivity index (χ3v) is 4.65. The van der Waals surface area contributed by atoms with Crippen molar-refractivity contribution in [1.82, 2.24) is 9.88 Å². The van der Waals surface area contributed by atoms with Crippen molar-refractivity contribution >= 4 is 22.7 Å². The van der Waals surface area contributed by atoms with Gasteiger partial charge in [0.25, 0.3) is 0 Å². The molecule has 0 aliphatic rings. The zero-order valence-corrected chi connectivity index (χ0v) is 13.4. The van der Waals surface area contributed by atoms with Crippen molar-refractivity contribution in [3.8, 4) is 11.8 Å². The van der Waals surface area contributed by atoms with Crippen LogP contribution in [0.1, 0.15) is 27.4 Å². The lowest BCUT2D eigenvalue weighted by Gasteiger charge is -2.14. The SMILES string of the molecule is Cc1ncsc1CN(C)Cc1cc(C#CCCO)cs1. The van der Waals surface area contributed by atoms with Gasteiger partial charge in [-0.1, -0.05) is 11.8 Å². The highest BCUT2D eigenvalue weighted by atomic mass is 32.1. The maximum atomic E-state index is 8.70. The van der Waals surface area contributed by atoms with Crippen molar-refractivity contribution < 1.29 is 5.11 Å². The summed E-state index contributed by atoms with van der Waals surface area (Å²) < 4.78 is 0. The summed E-state index contributed by atoms with van der Waals surface area (Å²) in [4.78, 5) is 9.20. The van der Waals surface area contributed by atoms with Crippen molar-refractivity contribution in [1.29, 1.82) is 0 Å². The number of thiazole rings is 1. The van der Waals surface area contributed by atoms with E-state index in [0.29, 0.717) is 6.42 Å². The largest absolute Gasteiger partial charge is 0.395 e. The zero-order valence-electron chi connectivity index (χ0n) is 11.7. The van der Waals surface area contributed by atoms with Crippen LogP contribution in [0.15, 0.2) is 17.0 Å². The van der Waals surface area contributed by atoms with Crippen LogP contribution < -0.4 is 0 Å². The second-order valence-electron chi connectivity index (χ2n) is 4.61. The number of aliphatic hydroxyl groups is 1. The van der Waals surface area contributed by atoms with Crippen molar-refractivity contribution in [3.63, 3.8) is 0 Å². The Hall–Kier alpha value is -1.19. The third kappa shape index (κ3) is 4.43. The summed E-state index contributed by atoms with van der Waals surface area (Å²) in [5.41, 5.74) is 4.07. The molecule has 0 aromatic carbocycles. The number of aryl methyl sites for hydroxylation is 1. The van der Waals surface area contributed by atoms with Crippen molar-refractivity contribution in [2.75, 3.05) is 13.7 Å². The molecule has 20 heavy (non-hydrogen) atoms. The third-order valence-electron chi connectivity index (χ3n) is 2.81. The quantitative estimate of drug-likeness (QED) is 0.863. The van der Waals surface area contributed by atoms with E-state index in [1.165, 1.54) is 9.75 Å². The van der Waals surface area contributed by atoms with Gasteiger partial charge in [-0.25, -0.2) is 4.98 Å². The van der Waals surface area contributed by atoms with Gasteiger partial charge in [-0.15, -0.1) is 22.7 Å². The highest BCUT2D eigenvalue weighted by Gasteiger charge is 2.07. The molecular formula is C15H18N2OS2. The molecule has 2 aromatic rings. The molecule has 0 unspecified atom stereocenters. The smallest absolute Gasteiger partial charge is 0.0798 e. The van der Waals surface area contributed by atoms with E-state index < -0.39 is 0 Å². The topological polar surface area (TPSA) is 36.4 Å². The van der Waals surface area contributed by atoms with E-state index in [0.717, 1.165) is 24.3 Å². The summed E-state index contributed by atoms with van der Waals surface area (Å²) >= 11 is 3.45. The number of aliphatic hydroxyl groups excluding tert-OH is 1. The number of nitrogens with zero attached hydrogens (tertiary/aromatic N) is 2. The van der Waals surface area contributed by atoms with Crippen LogP contribution >= 0.6 is 22.7 Å². The van der Waals surface area contributed by atoms with Crippen LogP contribution in [-0.2, 0) is 13.1 Å². The molecule has 1 N–H and O–H groups in total. The van der Waals surface area contributed by atoms with Crippen LogP contribution in [0.3, 0.4) is 0 Å². The first-order valence-corrected chi connectivity index (χ1v) is 8.19. The highest BCUT2D eigenvalue weighted by molar-refractivity contribution is 7.10. The number of aromatic nitrogens is 1. The Bertz CT molecular complexity index is 607. The van der Waals surface area contributed by atoms with Crippen LogP contribution in [0.2, 0.25) is 0 Å². The van der Waals surface area contributed by atoms with E-state index in [1.807, 2.05) is 5.51 Å². The lowest BCUT2D eigenvalue weighted by molar-refractivity contribution is 0.305. The van der Waals surface area contributed by atoms with Gasteiger partial charge < -0.3 is 5.11 Å². The van der Waals surface area contributed by atoms with Gasteiger partial charge in [0, 0.05) is 40.2 Å². The minimum Gasteiger partial charge on any atom is -0.395 e. The average Bonchev–Trinajstić information content (AvgIpc) is 3.00. The Kier molecular flexibility index (Phi) is 5.74. The standard InChI is InChI=1S/C15H18N2OS2/c1-12-15(20-11-16-12)9-17(2)8-14-7-13(10-19-14)5-3-4-6-18/h7,10-11,18H,4,6,8-9H2,1-2H3. The van der Waals surface area contributed by atoms with Crippen molar-refractivity contribution in [3.05, 3.63) is 38.0 Å². The van der Waals surface area contributed by atoms with Gasteiger partial charge in [0.05, 0.1) is 17.8 Å². The van der Waals surface area contributed by atoms with E-state index in [1.54, 1.807) is 22.7 Å². The summed E-state index contributed by atoms with van der Waals surface area (Å²) in [7, 11) is 2.12. The molecule has 0 radical (unpaired) electrons. The van der Waals surface area contributed by atoms with Crippen molar-refractivity contribution in [2.24, 2.45) is 0 Å². The Morgan fingerprint density at radius 3 is 2.90 bits per heavy atom. The van der Waals surface area contributed by atoms with Crippen LogP contribution in [-0.4, -0.2) is 28.6 Å². The zero-order chi connectivity index (χ0) is 14.4. The maximum absolute atomic E-state index is 8.70. The van der Waals surface area contributed by atoms with Gasteiger partial charge in [0.2, 0.25) is 0 Å². The van der Waals surface area contributed by atoms with Crippen LogP contribution in [0, 0.1) is 18.8 Å². The average molecular weight is 306 g/mol. The van der Waals surface area contributed by atoms with E-state index in [2.05, 4.69) is 47.1 Å². The Morgan fingerprint density at radius 1 is 1.35 bits per heavy atom. The summed E-state index contributed by atoms with van der Waals surface area (Å²) in [6.45, 7) is 4.03. The maximum Gasteiger partial charge on any atom is 0.0798 e. The molecule has 5 heteroatoms. The molecule has 2 aromatic heterocycles. The van der Waals surface area contributed by atoms with Crippen molar-refractivity contribution in [2.45, 2.75) is 26.4 Å². The molecule has 2 heterocycles. The van der Waals surface area contributed by atoms with Gasteiger partial charge in [-0.3, -0.25) is 4.90 Å². The van der Waals surface area contributed by atoms with E-state index in [-0.39, 0.29) is 6.61 Å². The number of hydrogen-bond acceptors (Lipinski definition) is 5. The minimum atomic E-state index is 0.126. The van der Waals surface area contributed by atoms with Gasteiger partial charge in [0.1, 0.15) is 0 Å². The summed E-state index contributed by atoms with van der Waals surface area (Å²) in [6.07, 6.45) is 0.537. The first-order valence-electron chi connectivity index (χ1n) is 6.43. The first kappa shape index (κ1) is 15.2. The summed E-state index contributed by atoms with van der Waals surface area (Å²) in [6, 6.07) is 2.13. The highest BCUT2D eigenvalue weighted by Crippen LogP contribution is 2.19. The molecule has 3 nitrogen and oxygen atoms in total. The van der Waals surface area contributed by atoms with Gasteiger partial charge in [-0.05, 0) is 20.0 Å². The predicted octanol–water partition coefficient (Wildman–Crippen LogP) is 2.88. The Labute approximate surface area is 127 Å². The second kappa shape index (κ2) is 7.55. The molecule has 0 spiro atoms. The number of rotatable bonds is 5. The van der Waals surface area contributed by atoms with Crippen LogP contribution in [0.25, 0.3) is 0 Å². The molecule has 0 atom stereocenters. The molecule has 0 bridgehead atoms. The minimum absolute atomic E-state index is 0.126. The lowest BCUT2D eigenvalue weighted by atomic mass is 10.3. The van der Waals surface area contributed by atoms with Crippen LogP contribution in [0.5, 0.6) is 0 Å². The molecule has 2 rings (SSSR count). The van der Waals surface area contributed by atoms with Gasteiger partial charge in [-0.2, -0.15) is 0 Å². The molecule has 0 aliphatic carbocycles. The predicted molar refractivity (Wildman–Crippen MR) is 84.9 cm³/mol. The van der Waals surface area contributed by atoms with Gasteiger partial charge >= 0.3 is 0 Å². The first-order chi connectivity index (χ1) is 9.69. The fourth-order valence-electron chi connectivity index (χ4n) is 1.79. The van der Waals surface area contributed by atoms with E-state index in [9.17, 15) is 0 Å². The molecule has 0 saturated carbocycles. The second-order valence-corrected chi connectivity index (χ2v) is 6.55. The molecule has 0 fully saturated rings. The molecule has 0 saturated heterocycles. The summed E-state index contributed by atoms with van der Waals surface area (Å²) in [5, 5.41) is 10.8. The summed E-state index contributed by atoms with van der Waals surface area (Å²) in [5.74, 6) is 6.02. The molecule has 0 amide bonds. The van der Waals surface area contributed by atoms with E-state index >= 15 is 0 Å². The van der Waals surface area contributed by atoms with Gasteiger partial charge in [0.15, 0.2) is 0 Å². The Morgan fingerprint density at radius 2 is 2.20 bits per heavy atom. The van der Waals surface area contributed by atoms with Crippen LogP contribution in [0.4, 0.5) is 0 Å². The fourth-order valence-corrected chi connectivity index (χ4v) is 3.55. The van der Waals surface area contributed by atoms with E-state index in [4.69, 9.17) is 5.11 Å². The molecular weight excluding hydrogens is 288 g/mol. The fraction of sp³-hybridized carbons (Fsp3) is 0.400. The molecule has 106 valence electrons. The lowest BCUT2D eigenvalue weighted by Crippen LogP contribution is -2.16. The Balaban J connectivity index is 1.90. The number of hydrogen-bond donors (Lipinski definition) is 1.